The van der Waals surface area contributed by atoms with Gasteiger partial charge in [-0.2, -0.15) is 0 Å². The summed E-state index contributed by atoms with van der Waals surface area (Å²) in [5.74, 6) is -0.993. The molecule has 31 heavy (non-hydrogen) atoms. The molecule has 162 valence electrons. The van der Waals surface area contributed by atoms with Gasteiger partial charge >= 0.3 is 0 Å². The van der Waals surface area contributed by atoms with E-state index in [9.17, 15) is 19.1 Å². The molecule has 9 heteroatoms. The van der Waals surface area contributed by atoms with Crippen molar-refractivity contribution in [2.75, 3.05) is 11.9 Å². The van der Waals surface area contributed by atoms with Crippen LogP contribution < -0.4 is 16.2 Å². The number of aliphatic hydroxyl groups is 1. The second kappa shape index (κ2) is 9.72. The van der Waals surface area contributed by atoms with Gasteiger partial charge in [0, 0.05) is 35.2 Å². The maximum absolute atomic E-state index is 14.4. The molecule has 0 saturated carbocycles. The SMILES string of the molecule is CCc1[nH]c(=O)c(-c2cc(Cl)ccc2F)cc1Nc1ccncc1C(=O)NCC(C)O. The molecule has 0 spiro atoms. The standard InChI is InChI=1S/C22H22ClFN4O3/c1-3-18-20(9-15(22(31)28-18)14-8-13(23)4-5-17(14)24)27-19-6-7-25-11-16(19)21(30)26-10-12(2)29/h4-9,11-12,29H,3,10H2,1-2H3,(H,25,27)(H,26,30)(H,28,31). The fraction of sp³-hybridized carbons (Fsp3) is 0.227. The van der Waals surface area contributed by atoms with Crippen LogP contribution in [0, 0.1) is 5.82 Å². The van der Waals surface area contributed by atoms with Gasteiger partial charge in [-0.3, -0.25) is 14.6 Å². The molecule has 0 fully saturated rings. The number of anilines is 2. The minimum absolute atomic E-state index is 0.0732. The van der Waals surface area contributed by atoms with Crippen molar-refractivity contribution in [3.05, 3.63) is 75.2 Å². The highest BCUT2D eigenvalue weighted by Gasteiger charge is 2.17. The summed E-state index contributed by atoms with van der Waals surface area (Å²) < 4.78 is 14.4. The van der Waals surface area contributed by atoms with Crippen molar-refractivity contribution < 1.29 is 14.3 Å². The van der Waals surface area contributed by atoms with Crippen LogP contribution in [-0.4, -0.2) is 33.6 Å². The number of nitrogens with one attached hydrogen (secondary N) is 3. The number of aromatic amines is 1. The number of carbonyl (C=O) groups excluding carboxylic acids is 1. The van der Waals surface area contributed by atoms with Gasteiger partial charge in [0.25, 0.3) is 11.5 Å². The number of rotatable bonds is 7. The van der Waals surface area contributed by atoms with Gasteiger partial charge in [0.2, 0.25) is 0 Å². The average molecular weight is 445 g/mol. The molecule has 0 aliphatic rings. The first-order valence-electron chi connectivity index (χ1n) is 9.69. The quantitative estimate of drug-likeness (QED) is 0.445. The number of aliphatic hydroxyl groups excluding tert-OH is 1. The molecule has 1 aromatic carbocycles. The van der Waals surface area contributed by atoms with E-state index in [4.69, 9.17) is 11.6 Å². The lowest BCUT2D eigenvalue weighted by Gasteiger charge is -2.16. The summed E-state index contributed by atoms with van der Waals surface area (Å²) in [6.07, 6.45) is 2.71. The van der Waals surface area contributed by atoms with Gasteiger partial charge in [-0.15, -0.1) is 0 Å². The summed E-state index contributed by atoms with van der Waals surface area (Å²) in [5, 5.41) is 15.5. The number of aromatic nitrogens is 2. The molecule has 0 saturated heterocycles. The van der Waals surface area contributed by atoms with Gasteiger partial charge in [0.05, 0.1) is 28.6 Å². The number of carbonyl (C=O) groups is 1. The number of aryl methyl sites for hydroxylation is 1. The third-order valence-electron chi connectivity index (χ3n) is 4.59. The largest absolute Gasteiger partial charge is 0.392 e. The van der Waals surface area contributed by atoms with Gasteiger partial charge < -0.3 is 20.7 Å². The second-order valence-corrected chi connectivity index (χ2v) is 7.42. The maximum atomic E-state index is 14.4. The maximum Gasteiger partial charge on any atom is 0.256 e. The van der Waals surface area contributed by atoms with Gasteiger partial charge in [0.1, 0.15) is 5.82 Å². The van der Waals surface area contributed by atoms with E-state index in [1.165, 1.54) is 36.7 Å². The smallest absolute Gasteiger partial charge is 0.256 e. The molecule has 2 aromatic heterocycles. The molecule has 0 aliphatic heterocycles. The van der Waals surface area contributed by atoms with Crippen LogP contribution in [-0.2, 0) is 6.42 Å². The summed E-state index contributed by atoms with van der Waals surface area (Å²) in [7, 11) is 0. The van der Waals surface area contributed by atoms with Crippen LogP contribution in [0.15, 0.2) is 47.5 Å². The summed E-state index contributed by atoms with van der Waals surface area (Å²) in [6.45, 7) is 3.51. The first-order chi connectivity index (χ1) is 14.8. The lowest BCUT2D eigenvalue weighted by Crippen LogP contribution is -2.31. The highest BCUT2D eigenvalue weighted by atomic mass is 35.5. The summed E-state index contributed by atoms with van der Waals surface area (Å²) >= 11 is 5.99. The molecule has 4 N–H and O–H groups in total. The van der Waals surface area contributed by atoms with Crippen molar-refractivity contribution in [1.29, 1.82) is 0 Å². The molecule has 3 rings (SSSR count). The Morgan fingerprint density at radius 3 is 2.74 bits per heavy atom. The fourth-order valence-electron chi connectivity index (χ4n) is 3.03. The molecule has 3 aromatic rings. The van der Waals surface area contributed by atoms with Crippen molar-refractivity contribution in [2.45, 2.75) is 26.4 Å². The number of H-pyrrole nitrogens is 1. The Morgan fingerprint density at radius 1 is 1.26 bits per heavy atom. The molecule has 1 amide bonds. The molecule has 1 unspecified atom stereocenters. The van der Waals surface area contributed by atoms with E-state index in [1.807, 2.05) is 6.92 Å². The first-order valence-corrected chi connectivity index (χ1v) is 10.1. The lowest BCUT2D eigenvalue weighted by atomic mass is 10.0. The topological polar surface area (TPSA) is 107 Å². The van der Waals surface area contributed by atoms with Crippen molar-refractivity contribution >= 4 is 28.9 Å². The Hall–Kier alpha value is -3.23. The first kappa shape index (κ1) is 22.5. The predicted molar refractivity (Wildman–Crippen MR) is 118 cm³/mol. The third kappa shape index (κ3) is 5.28. The minimum Gasteiger partial charge on any atom is -0.392 e. The van der Waals surface area contributed by atoms with Gasteiger partial charge in [0.15, 0.2) is 0 Å². The molecule has 0 bridgehead atoms. The monoisotopic (exact) mass is 444 g/mol. The van der Waals surface area contributed by atoms with E-state index in [2.05, 4.69) is 20.6 Å². The van der Waals surface area contributed by atoms with Crippen LogP contribution in [0.2, 0.25) is 5.02 Å². The number of benzene rings is 1. The molecule has 1 atom stereocenters. The number of amides is 1. The van der Waals surface area contributed by atoms with Gasteiger partial charge in [-0.1, -0.05) is 18.5 Å². The summed E-state index contributed by atoms with van der Waals surface area (Å²) in [4.78, 5) is 31.9. The Bertz CT molecular complexity index is 1160. The highest BCUT2D eigenvalue weighted by molar-refractivity contribution is 6.30. The number of pyridine rings is 2. The zero-order chi connectivity index (χ0) is 22.5. The normalized spacial score (nSPS) is 11.8. The van der Waals surface area contributed by atoms with E-state index >= 15 is 0 Å². The summed E-state index contributed by atoms with van der Waals surface area (Å²) in [6, 6.07) is 7.14. The Labute approximate surface area is 183 Å². The Kier molecular flexibility index (Phi) is 7.04. The second-order valence-electron chi connectivity index (χ2n) is 6.99. The number of hydrogen-bond acceptors (Lipinski definition) is 5. The van der Waals surface area contributed by atoms with Gasteiger partial charge in [-0.05, 0) is 43.7 Å². The van der Waals surface area contributed by atoms with Crippen molar-refractivity contribution in [2.24, 2.45) is 0 Å². The van der Waals surface area contributed by atoms with Crippen LogP contribution in [0.3, 0.4) is 0 Å². The zero-order valence-corrected chi connectivity index (χ0v) is 17.8. The molecular weight excluding hydrogens is 423 g/mol. The Morgan fingerprint density at radius 2 is 2.03 bits per heavy atom. The van der Waals surface area contributed by atoms with Crippen molar-refractivity contribution in [1.82, 2.24) is 15.3 Å². The minimum atomic E-state index is -0.696. The predicted octanol–water partition coefficient (Wildman–Crippen LogP) is 3.65. The fourth-order valence-corrected chi connectivity index (χ4v) is 3.20. The number of hydrogen-bond donors (Lipinski definition) is 4. The van der Waals surface area contributed by atoms with E-state index in [-0.39, 0.29) is 23.2 Å². The van der Waals surface area contributed by atoms with E-state index < -0.39 is 23.4 Å². The van der Waals surface area contributed by atoms with E-state index in [0.717, 1.165) is 0 Å². The molecular formula is C22H22ClFN4O3. The highest BCUT2D eigenvalue weighted by Crippen LogP contribution is 2.29. The molecule has 0 radical (unpaired) electrons. The van der Waals surface area contributed by atoms with E-state index in [1.54, 1.807) is 13.0 Å². The lowest BCUT2D eigenvalue weighted by molar-refractivity contribution is 0.0924. The zero-order valence-electron chi connectivity index (χ0n) is 17.0. The van der Waals surface area contributed by atoms with Crippen LogP contribution >= 0.6 is 11.6 Å². The molecule has 7 nitrogen and oxygen atoms in total. The third-order valence-corrected chi connectivity index (χ3v) is 4.82. The number of halogens is 2. The molecule has 2 heterocycles. The van der Waals surface area contributed by atoms with Crippen LogP contribution in [0.4, 0.5) is 15.8 Å². The summed E-state index contributed by atoms with van der Waals surface area (Å²) in [5.41, 5.74) is 1.52. The van der Waals surface area contributed by atoms with Crippen LogP contribution in [0.1, 0.15) is 29.9 Å². The average Bonchev–Trinajstić information content (AvgIpc) is 2.75. The number of nitrogens with zero attached hydrogens (tertiary/aromatic N) is 1. The molecule has 0 aliphatic carbocycles. The van der Waals surface area contributed by atoms with Crippen molar-refractivity contribution in [3.8, 4) is 11.1 Å². The van der Waals surface area contributed by atoms with Gasteiger partial charge in [-0.25, -0.2) is 4.39 Å². The van der Waals surface area contributed by atoms with Crippen LogP contribution in [0.5, 0.6) is 0 Å². The Balaban J connectivity index is 2.04. The van der Waals surface area contributed by atoms with Crippen molar-refractivity contribution in [3.63, 3.8) is 0 Å². The van der Waals surface area contributed by atoms with E-state index in [0.29, 0.717) is 28.5 Å². The van der Waals surface area contributed by atoms with Crippen LogP contribution in [0.25, 0.3) is 11.1 Å².